The Hall–Kier alpha value is -2.03. The predicted octanol–water partition coefficient (Wildman–Crippen LogP) is -1.53. The first kappa shape index (κ1) is 13.9. The van der Waals surface area contributed by atoms with Crippen LogP contribution in [0.25, 0.3) is 0 Å². The maximum atomic E-state index is 12.3. The molecule has 0 saturated carbocycles. The fourth-order valence-corrected chi connectivity index (χ4v) is 3.26. The standard InChI is InChI=1S/C13H14N2O6/c1-3-13(20)2-4(16)11(21-3)5-7(13)10(18)8(14)6(9(5)17)12(15)19/h3-4,11,14,16-17,20H,2H2,1H3,(H2,15,19). The van der Waals surface area contributed by atoms with Crippen LogP contribution in [0.2, 0.25) is 0 Å². The predicted molar refractivity (Wildman–Crippen MR) is 68.5 cm³/mol. The average molecular weight is 294 g/mol. The zero-order valence-corrected chi connectivity index (χ0v) is 11.1. The number of primary amides is 1. The lowest BCUT2D eigenvalue weighted by molar-refractivity contribution is -0.200. The number of amides is 1. The first-order valence-corrected chi connectivity index (χ1v) is 6.37. The van der Waals surface area contributed by atoms with Crippen molar-refractivity contribution in [2.75, 3.05) is 0 Å². The van der Waals surface area contributed by atoms with Crippen LogP contribution in [0.1, 0.15) is 13.3 Å². The third kappa shape index (κ3) is 1.52. The first-order valence-electron chi connectivity index (χ1n) is 6.37. The Morgan fingerprint density at radius 3 is 2.71 bits per heavy atom. The Morgan fingerprint density at radius 1 is 1.52 bits per heavy atom. The summed E-state index contributed by atoms with van der Waals surface area (Å²) >= 11 is 0. The molecule has 112 valence electrons. The number of carbonyl (C=O) groups excluding carboxylic acids is 2. The van der Waals surface area contributed by atoms with Crippen molar-refractivity contribution in [2.24, 2.45) is 5.73 Å². The molecule has 8 nitrogen and oxygen atoms in total. The highest BCUT2D eigenvalue weighted by atomic mass is 16.5. The van der Waals surface area contributed by atoms with E-state index in [2.05, 4.69) is 0 Å². The van der Waals surface area contributed by atoms with Gasteiger partial charge in [0.1, 0.15) is 28.7 Å². The van der Waals surface area contributed by atoms with E-state index in [0.717, 1.165) is 0 Å². The van der Waals surface area contributed by atoms with Crippen LogP contribution >= 0.6 is 0 Å². The molecule has 1 amide bonds. The molecule has 2 aliphatic carbocycles. The molecule has 4 atom stereocenters. The van der Waals surface area contributed by atoms with Gasteiger partial charge in [0, 0.05) is 17.6 Å². The maximum absolute atomic E-state index is 12.3. The van der Waals surface area contributed by atoms with E-state index in [0.29, 0.717) is 0 Å². The van der Waals surface area contributed by atoms with Crippen molar-refractivity contribution in [1.29, 1.82) is 5.41 Å². The summed E-state index contributed by atoms with van der Waals surface area (Å²) in [6, 6.07) is 0. The summed E-state index contributed by atoms with van der Waals surface area (Å²) < 4.78 is 5.43. The van der Waals surface area contributed by atoms with Crippen LogP contribution in [0, 0.1) is 5.41 Å². The topological polar surface area (TPSA) is 154 Å². The lowest BCUT2D eigenvalue weighted by atomic mass is 9.65. The molecular weight excluding hydrogens is 280 g/mol. The SMILES string of the molecule is CC1OC2C3=C(C(=O)C(=N)C(C(N)=O)=C3O)C1(O)CC2O. The number of hydrogen-bond donors (Lipinski definition) is 5. The minimum atomic E-state index is -1.82. The highest BCUT2D eigenvalue weighted by Gasteiger charge is 2.60. The minimum Gasteiger partial charge on any atom is -0.507 e. The summed E-state index contributed by atoms with van der Waals surface area (Å²) in [7, 11) is 0. The normalized spacial score (nSPS) is 38.9. The lowest BCUT2D eigenvalue weighted by Crippen LogP contribution is -2.64. The number of ether oxygens (including phenoxy) is 1. The van der Waals surface area contributed by atoms with Crippen LogP contribution in [0.5, 0.6) is 0 Å². The summed E-state index contributed by atoms with van der Waals surface area (Å²) in [4.78, 5) is 23.7. The number of carbonyl (C=O) groups is 2. The van der Waals surface area contributed by atoms with Crippen molar-refractivity contribution in [3.63, 3.8) is 0 Å². The minimum absolute atomic E-state index is 0.143. The first-order chi connectivity index (χ1) is 9.70. The molecule has 6 N–H and O–H groups in total. The van der Waals surface area contributed by atoms with Gasteiger partial charge in [-0.3, -0.25) is 15.0 Å². The van der Waals surface area contributed by atoms with Gasteiger partial charge in [0.05, 0.1) is 12.2 Å². The summed E-state index contributed by atoms with van der Waals surface area (Å²) in [6.45, 7) is 1.53. The third-order valence-corrected chi connectivity index (χ3v) is 4.32. The van der Waals surface area contributed by atoms with Gasteiger partial charge < -0.3 is 25.8 Å². The molecule has 0 aromatic carbocycles. The summed E-state index contributed by atoms with van der Waals surface area (Å²) in [5.74, 6) is -2.70. The smallest absolute Gasteiger partial charge is 0.254 e. The largest absolute Gasteiger partial charge is 0.507 e. The zero-order chi connectivity index (χ0) is 15.7. The van der Waals surface area contributed by atoms with E-state index < -0.39 is 52.6 Å². The van der Waals surface area contributed by atoms with Crippen molar-refractivity contribution < 1.29 is 29.6 Å². The summed E-state index contributed by atoms with van der Waals surface area (Å²) in [6.07, 6.45) is -3.11. The molecule has 4 unspecified atom stereocenters. The van der Waals surface area contributed by atoms with Crippen LogP contribution in [-0.4, -0.2) is 56.6 Å². The van der Waals surface area contributed by atoms with Gasteiger partial charge in [0.2, 0.25) is 5.78 Å². The number of Topliss-reactive ketones (excluding diaryl/α,β-unsaturated/α-hetero) is 1. The molecular formula is C13H14N2O6. The van der Waals surface area contributed by atoms with Gasteiger partial charge in [-0.05, 0) is 6.92 Å². The number of hydrogen-bond acceptors (Lipinski definition) is 7. The van der Waals surface area contributed by atoms with Crippen molar-refractivity contribution >= 4 is 17.4 Å². The highest BCUT2D eigenvalue weighted by molar-refractivity contribution is 6.56. The van der Waals surface area contributed by atoms with Gasteiger partial charge in [-0.15, -0.1) is 0 Å². The van der Waals surface area contributed by atoms with E-state index in [9.17, 15) is 24.9 Å². The van der Waals surface area contributed by atoms with Crippen molar-refractivity contribution in [2.45, 2.75) is 37.3 Å². The molecule has 0 aromatic heterocycles. The fourth-order valence-electron chi connectivity index (χ4n) is 3.26. The van der Waals surface area contributed by atoms with E-state index in [-0.39, 0.29) is 17.6 Å². The van der Waals surface area contributed by atoms with Gasteiger partial charge in [-0.25, -0.2) is 0 Å². The molecule has 4 aliphatic rings. The van der Waals surface area contributed by atoms with Gasteiger partial charge in [-0.1, -0.05) is 0 Å². The van der Waals surface area contributed by atoms with Crippen LogP contribution in [0.4, 0.5) is 0 Å². The van der Waals surface area contributed by atoms with E-state index in [4.69, 9.17) is 15.9 Å². The number of nitrogens with two attached hydrogens (primary N) is 1. The Bertz CT molecular complexity index is 664. The molecule has 8 heteroatoms. The Balaban J connectivity index is 2.33. The number of ketones is 1. The second-order valence-electron chi connectivity index (χ2n) is 5.48. The molecule has 1 fully saturated rings. The molecule has 0 aromatic rings. The Labute approximate surface area is 119 Å². The molecule has 2 aliphatic heterocycles. The van der Waals surface area contributed by atoms with Crippen LogP contribution in [0.15, 0.2) is 22.5 Å². The number of fused-ring (bicyclic) bond motifs is 2. The molecule has 2 heterocycles. The summed E-state index contributed by atoms with van der Waals surface area (Å²) in [5, 5.41) is 38.5. The number of aliphatic hydroxyl groups excluding tert-OH is 2. The Morgan fingerprint density at radius 2 is 2.14 bits per heavy atom. The van der Waals surface area contributed by atoms with E-state index in [1.54, 1.807) is 0 Å². The van der Waals surface area contributed by atoms with Gasteiger partial charge in [0.25, 0.3) is 5.91 Å². The number of nitrogens with one attached hydrogen (secondary N) is 1. The monoisotopic (exact) mass is 294 g/mol. The van der Waals surface area contributed by atoms with Crippen molar-refractivity contribution in [3.05, 3.63) is 22.5 Å². The molecule has 4 rings (SSSR count). The van der Waals surface area contributed by atoms with Crippen molar-refractivity contribution in [3.8, 4) is 0 Å². The number of rotatable bonds is 1. The maximum Gasteiger partial charge on any atom is 0.254 e. The summed E-state index contributed by atoms with van der Waals surface area (Å²) in [5.41, 5.74) is 1.54. The average Bonchev–Trinajstić information content (AvgIpc) is 2.37. The highest BCUT2D eigenvalue weighted by Crippen LogP contribution is 2.49. The molecule has 0 spiro atoms. The van der Waals surface area contributed by atoms with Gasteiger partial charge in [-0.2, -0.15) is 0 Å². The second kappa shape index (κ2) is 4.00. The van der Waals surface area contributed by atoms with E-state index in [1.807, 2.05) is 0 Å². The van der Waals surface area contributed by atoms with E-state index in [1.165, 1.54) is 6.92 Å². The zero-order valence-electron chi connectivity index (χ0n) is 11.1. The van der Waals surface area contributed by atoms with Gasteiger partial charge >= 0.3 is 0 Å². The third-order valence-electron chi connectivity index (χ3n) is 4.32. The lowest BCUT2D eigenvalue weighted by Gasteiger charge is -2.52. The van der Waals surface area contributed by atoms with Crippen molar-refractivity contribution in [1.82, 2.24) is 0 Å². The van der Waals surface area contributed by atoms with E-state index >= 15 is 0 Å². The number of aliphatic hydroxyl groups is 3. The fraction of sp³-hybridized carbons (Fsp3) is 0.462. The van der Waals surface area contributed by atoms with Crippen LogP contribution in [-0.2, 0) is 14.3 Å². The molecule has 1 saturated heterocycles. The van der Waals surface area contributed by atoms with Crippen LogP contribution in [0.3, 0.4) is 0 Å². The quantitative estimate of drug-likeness (QED) is 0.369. The molecule has 0 radical (unpaired) electrons. The second-order valence-corrected chi connectivity index (χ2v) is 5.48. The van der Waals surface area contributed by atoms with Gasteiger partial charge in [0.15, 0.2) is 0 Å². The van der Waals surface area contributed by atoms with Crippen LogP contribution < -0.4 is 5.73 Å². The molecule has 2 bridgehead atoms. The Kier molecular flexibility index (Phi) is 2.65. The molecule has 21 heavy (non-hydrogen) atoms.